The molecule has 0 unspecified atom stereocenters. The molecule has 1 aliphatic rings. The Bertz CT molecular complexity index is 712. The molecule has 7 heteroatoms. The summed E-state index contributed by atoms with van der Waals surface area (Å²) in [5.74, 6) is 1.79. The van der Waals surface area contributed by atoms with Gasteiger partial charge >= 0.3 is 0 Å². The Morgan fingerprint density at radius 3 is 2.86 bits per heavy atom. The van der Waals surface area contributed by atoms with E-state index >= 15 is 0 Å². The first kappa shape index (κ1) is 14.1. The first-order valence-electron chi connectivity index (χ1n) is 6.36. The molecule has 0 fully saturated rings. The number of carbonyl (C=O) groups excluding carboxylic acids is 1. The Morgan fingerprint density at radius 1 is 1.38 bits per heavy atom. The predicted molar refractivity (Wildman–Crippen MR) is 85.2 cm³/mol. The van der Waals surface area contributed by atoms with E-state index in [-0.39, 0.29) is 6.79 Å². The van der Waals surface area contributed by atoms with Crippen LogP contribution >= 0.6 is 23.1 Å². The van der Waals surface area contributed by atoms with Crippen LogP contribution in [0.1, 0.15) is 16.6 Å². The van der Waals surface area contributed by atoms with Gasteiger partial charge in [0, 0.05) is 4.90 Å². The third-order valence-electron chi connectivity index (χ3n) is 3.05. The van der Waals surface area contributed by atoms with Gasteiger partial charge in [-0.2, -0.15) is 0 Å². The SMILES string of the molecule is CCSc1c(-c2ccc3c(c2)OCO3)sc(C(N)=O)c1N. The Hall–Kier alpha value is -1.86. The van der Waals surface area contributed by atoms with Gasteiger partial charge in [0.15, 0.2) is 11.5 Å². The fourth-order valence-electron chi connectivity index (χ4n) is 2.13. The molecule has 2 aromatic rings. The van der Waals surface area contributed by atoms with E-state index in [9.17, 15) is 4.79 Å². The standard InChI is InChI=1S/C14H14N2O3S2/c1-2-20-12-10(15)13(14(16)17)21-11(12)7-3-4-8-9(5-7)19-6-18-8/h3-5H,2,6,15H2,1H3,(H2,16,17). The van der Waals surface area contributed by atoms with Crippen molar-refractivity contribution in [3.63, 3.8) is 0 Å². The minimum absolute atomic E-state index is 0.231. The number of primary amides is 1. The minimum atomic E-state index is -0.498. The van der Waals surface area contributed by atoms with Crippen molar-refractivity contribution in [3.8, 4) is 21.9 Å². The maximum Gasteiger partial charge on any atom is 0.260 e. The third-order valence-corrected chi connectivity index (χ3v) is 5.45. The van der Waals surface area contributed by atoms with Gasteiger partial charge in [-0.1, -0.05) is 6.92 Å². The summed E-state index contributed by atoms with van der Waals surface area (Å²) >= 11 is 2.92. The quantitative estimate of drug-likeness (QED) is 0.845. The molecule has 0 atom stereocenters. The second-order valence-electron chi connectivity index (χ2n) is 4.37. The average Bonchev–Trinajstić information content (AvgIpc) is 3.04. The summed E-state index contributed by atoms with van der Waals surface area (Å²) < 4.78 is 10.7. The highest BCUT2D eigenvalue weighted by Gasteiger charge is 2.22. The third kappa shape index (κ3) is 2.43. The van der Waals surface area contributed by atoms with Crippen molar-refractivity contribution in [1.82, 2.24) is 0 Å². The van der Waals surface area contributed by atoms with Crippen LogP contribution in [-0.4, -0.2) is 18.5 Å². The van der Waals surface area contributed by atoms with E-state index in [2.05, 4.69) is 0 Å². The van der Waals surface area contributed by atoms with Gasteiger partial charge in [0.25, 0.3) is 5.91 Å². The number of fused-ring (bicyclic) bond motifs is 1. The molecule has 0 aliphatic carbocycles. The maximum atomic E-state index is 11.5. The molecule has 1 aromatic heterocycles. The smallest absolute Gasteiger partial charge is 0.260 e. The first-order chi connectivity index (χ1) is 10.1. The Labute approximate surface area is 130 Å². The van der Waals surface area contributed by atoms with Gasteiger partial charge < -0.3 is 20.9 Å². The molecule has 0 bridgehead atoms. The van der Waals surface area contributed by atoms with Crippen LogP contribution in [0.25, 0.3) is 10.4 Å². The van der Waals surface area contributed by atoms with Crippen LogP contribution in [0.4, 0.5) is 5.69 Å². The topological polar surface area (TPSA) is 87.6 Å². The van der Waals surface area contributed by atoms with Crippen molar-refractivity contribution in [2.45, 2.75) is 11.8 Å². The van der Waals surface area contributed by atoms with Crippen LogP contribution in [0.15, 0.2) is 23.1 Å². The lowest BCUT2D eigenvalue weighted by Crippen LogP contribution is -2.10. The number of benzene rings is 1. The zero-order chi connectivity index (χ0) is 15.0. The number of amides is 1. The van der Waals surface area contributed by atoms with Crippen molar-refractivity contribution in [1.29, 1.82) is 0 Å². The summed E-state index contributed by atoms with van der Waals surface area (Å²) in [6.45, 7) is 2.27. The number of nitrogens with two attached hydrogens (primary N) is 2. The maximum absolute atomic E-state index is 11.5. The summed E-state index contributed by atoms with van der Waals surface area (Å²) in [5.41, 5.74) is 12.9. The molecular formula is C14H14N2O3S2. The molecule has 0 radical (unpaired) electrons. The van der Waals surface area contributed by atoms with Crippen LogP contribution in [-0.2, 0) is 0 Å². The zero-order valence-corrected chi connectivity index (χ0v) is 13.0. The van der Waals surface area contributed by atoms with Crippen molar-refractivity contribution in [3.05, 3.63) is 23.1 Å². The first-order valence-corrected chi connectivity index (χ1v) is 8.17. The van der Waals surface area contributed by atoms with Gasteiger partial charge in [0.2, 0.25) is 6.79 Å². The van der Waals surface area contributed by atoms with Gasteiger partial charge in [0.05, 0.1) is 10.6 Å². The van der Waals surface area contributed by atoms with Gasteiger partial charge in [-0.3, -0.25) is 4.79 Å². The second-order valence-corrected chi connectivity index (χ2v) is 6.66. The zero-order valence-electron chi connectivity index (χ0n) is 11.3. The van der Waals surface area contributed by atoms with E-state index in [4.69, 9.17) is 20.9 Å². The average molecular weight is 322 g/mol. The molecule has 1 amide bonds. The molecule has 1 aromatic carbocycles. The van der Waals surface area contributed by atoms with E-state index in [1.165, 1.54) is 11.3 Å². The summed E-state index contributed by atoms with van der Waals surface area (Å²) in [4.78, 5) is 13.7. The highest BCUT2D eigenvalue weighted by Crippen LogP contribution is 2.46. The normalized spacial score (nSPS) is 12.6. The lowest BCUT2D eigenvalue weighted by Gasteiger charge is -2.05. The fraction of sp³-hybridized carbons (Fsp3) is 0.214. The van der Waals surface area contributed by atoms with Crippen molar-refractivity contribution < 1.29 is 14.3 Å². The number of hydrogen-bond acceptors (Lipinski definition) is 6. The van der Waals surface area contributed by atoms with E-state index in [0.29, 0.717) is 16.3 Å². The molecular weight excluding hydrogens is 308 g/mol. The number of thiophene rings is 1. The van der Waals surface area contributed by atoms with Crippen LogP contribution < -0.4 is 20.9 Å². The predicted octanol–water partition coefficient (Wildman–Crippen LogP) is 2.94. The molecule has 0 spiro atoms. The number of thioether (sulfide) groups is 1. The second kappa shape index (κ2) is 5.50. The monoisotopic (exact) mass is 322 g/mol. The summed E-state index contributed by atoms with van der Waals surface area (Å²) in [6.07, 6.45) is 0. The molecule has 2 heterocycles. The van der Waals surface area contributed by atoms with Crippen LogP contribution in [0.2, 0.25) is 0 Å². The van der Waals surface area contributed by atoms with Gasteiger partial charge in [0.1, 0.15) is 4.88 Å². The number of hydrogen-bond donors (Lipinski definition) is 2. The minimum Gasteiger partial charge on any atom is -0.454 e. The number of nitrogen functional groups attached to an aromatic ring is 1. The highest BCUT2D eigenvalue weighted by molar-refractivity contribution is 7.99. The summed E-state index contributed by atoms with van der Waals surface area (Å²) in [6, 6.07) is 5.69. The molecule has 3 rings (SSSR count). The fourth-order valence-corrected chi connectivity index (χ4v) is 4.25. The van der Waals surface area contributed by atoms with Crippen LogP contribution in [0, 0.1) is 0 Å². The van der Waals surface area contributed by atoms with E-state index in [1.54, 1.807) is 11.8 Å². The van der Waals surface area contributed by atoms with Crippen molar-refractivity contribution in [2.24, 2.45) is 5.73 Å². The lowest BCUT2D eigenvalue weighted by molar-refractivity contribution is 0.100. The highest BCUT2D eigenvalue weighted by atomic mass is 32.2. The van der Waals surface area contributed by atoms with E-state index in [0.717, 1.165) is 26.8 Å². The van der Waals surface area contributed by atoms with Crippen molar-refractivity contribution in [2.75, 3.05) is 18.3 Å². The Morgan fingerprint density at radius 2 is 2.14 bits per heavy atom. The lowest BCUT2D eigenvalue weighted by atomic mass is 10.1. The number of rotatable bonds is 4. The largest absolute Gasteiger partial charge is 0.454 e. The van der Waals surface area contributed by atoms with Gasteiger partial charge in [-0.25, -0.2) is 0 Å². The molecule has 110 valence electrons. The van der Waals surface area contributed by atoms with Crippen LogP contribution in [0.5, 0.6) is 11.5 Å². The Balaban J connectivity index is 2.12. The Kier molecular flexibility index (Phi) is 3.69. The van der Waals surface area contributed by atoms with Gasteiger partial charge in [-0.15, -0.1) is 23.1 Å². The molecule has 4 N–H and O–H groups in total. The van der Waals surface area contributed by atoms with Crippen molar-refractivity contribution >= 4 is 34.7 Å². The van der Waals surface area contributed by atoms with Crippen LogP contribution in [0.3, 0.4) is 0 Å². The number of ether oxygens (including phenoxy) is 2. The molecule has 1 aliphatic heterocycles. The summed E-state index contributed by atoms with van der Waals surface area (Å²) in [5, 5.41) is 0. The van der Waals surface area contributed by atoms with E-state index < -0.39 is 5.91 Å². The number of anilines is 1. The molecule has 0 saturated heterocycles. The van der Waals surface area contributed by atoms with Gasteiger partial charge in [-0.05, 0) is 29.5 Å². The number of carbonyl (C=O) groups is 1. The molecule has 0 saturated carbocycles. The van der Waals surface area contributed by atoms with E-state index in [1.807, 2.05) is 25.1 Å². The molecule has 5 nitrogen and oxygen atoms in total. The summed E-state index contributed by atoms with van der Waals surface area (Å²) in [7, 11) is 0. The molecule has 21 heavy (non-hydrogen) atoms.